The van der Waals surface area contributed by atoms with Gasteiger partial charge in [-0.25, -0.2) is 0 Å². The Balaban J connectivity index is 1.22. The van der Waals surface area contributed by atoms with Crippen molar-refractivity contribution < 1.29 is 14.4 Å². The summed E-state index contributed by atoms with van der Waals surface area (Å²) in [5.41, 5.74) is 3.11. The van der Waals surface area contributed by atoms with Gasteiger partial charge < -0.3 is 15.5 Å². The molecule has 1 aromatic carbocycles. The first-order valence-corrected chi connectivity index (χ1v) is 11.2. The molecule has 3 aliphatic heterocycles. The van der Waals surface area contributed by atoms with E-state index in [1.807, 2.05) is 12.1 Å². The summed E-state index contributed by atoms with van der Waals surface area (Å²) in [6, 6.07) is 5.50. The Morgan fingerprint density at radius 3 is 2.97 bits per heavy atom. The van der Waals surface area contributed by atoms with E-state index >= 15 is 0 Å². The van der Waals surface area contributed by atoms with Gasteiger partial charge in [0, 0.05) is 38.2 Å². The van der Waals surface area contributed by atoms with Crippen molar-refractivity contribution in [1.82, 2.24) is 20.9 Å². The van der Waals surface area contributed by atoms with E-state index in [0.717, 1.165) is 36.7 Å². The average molecular weight is 411 g/mol. The minimum absolute atomic E-state index is 0.105. The molecular weight excluding hydrogens is 380 g/mol. The molecule has 3 unspecified atom stereocenters. The van der Waals surface area contributed by atoms with Crippen LogP contribution in [0.2, 0.25) is 0 Å². The monoisotopic (exact) mass is 410 g/mol. The molecule has 3 heterocycles. The molecular formula is C23H30N4O3. The molecule has 0 radical (unpaired) electrons. The molecule has 2 bridgehead atoms. The summed E-state index contributed by atoms with van der Waals surface area (Å²) >= 11 is 0. The van der Waals surface area contributed by atoms with Gasteiger partial charge in [0.15, 0.2) is 0 Å². The molecule has 0 spiro atoms. The van der Waals surface area contributed by atoms with Crippen LogP contribution in [0, 0.1) is 11.3 Å². The van der Waals surface area contributed by atoms with Crippen molar-refractivity contribution >= 4 is 17.7 Å². The Bertz CT molecular complexity index is 873. The quantitative estimate of drug-likeness (QED) is 0.637. The Kier molecular flexibility index (Phi) is 5.11. The molecule has 160 valence electrons. The second-order valence-electron chi connectivity index (χ2n) is 9.59. The molecule has 5 rings (SSSR count). The van der Waals surface area contributed by atoms with Crippen LogP contribution in [-0.4, -0.2) is 48.3 Å². The number of hydrogen-bond donors (Lipinski definition) is 3. The van der Waals surface area contributed by atoms with Crippen molar-refractivity contribution in [3.05, 3.63) is 34.9 Å². The van der Waals surface area contributed by atoms with Crippen molar-refractivity contribution in [3.8, 4) is 0 Å². The molecule has 3 amide bonds. The highest BCUT2D eigenvalue weighted by Gasteiger charge is 2.40. The van der Waals surface area contributed by atoms with E-state index in [1.165, 1.54) is 32.2 Å². The van der Waals surface area contributed by atoms with Gasteiger partial charge >= 0.3 is 0 Å². The fraction of sp³-hybridized carbons (Fsp3) is 0.609. The number of nitrogens with one attached hydrogen (secondary N) is 3. The van der Waals surface area contributed by atoms with Crippen molar-refractivity contribution in [1.29, 1.82) is 0 Å². The number of nitrogens with zero attached hydrogens (tertiary/aromatic N) is 1. The number of fused-ring (bicyclic) bond motifs is 3. The molecule has 0 aromatic heterocycles. The Labute approximate surface area is 177 Å². The van der Waals surface area contributed by atoms with Crippen LogP contribution in [0.3, 0.4) is 0 Å². The molecule has 7 heteroatoms. The first kappa shape index (κ1) is 19.7. The van der Waals surface area contributed by atoms with Gasteiger partial charge in [0.1, 0.15) is 6.04 Å². The number of piperidine rings is 2. The number of rotatable bonds is 5. The fourth-order valence-corrected chi connectivity index (χ4v) is 5.87. The zero-order chi connectivity index (χ0) is 20.7. The topological polar surface area (TPSA) is 90.5 Å². The normalized spacial score (nSPS) is 30.9. The van der Waals surface area contributed by atoms with Crippen molar-refractivity contribution in [2.75, 3.05) is 19.6 Å². The van der Waals surface area contributed by atoms with Gasteiger partial charge in [-0.2, -0.15) is 0 Å². The zero-order valence-electron chi connectivity index (χ0n) is 17.3. The maximum absolute atomic E-state index is 13.0. The number of carbonyl (C=O) groups is 3. The van der Waals surface area contributed by atoms with Gasteiger partial charge in [0.05, 0.1) is 0 Å². The van der Waals surface area contributed by atoms with Gasteiger partial charge in [-0.1, -0.05) is 18.6 Å². The van der Waals surface area contributed by atoms with E-state index in [0.29, 0.717) is 23.9 Å². The highest BCUT2D eigenvalue weighted by molar-refractivity contribution is 6.05. The fourth-order valence-electron chi connectivity index (χ4n) is 5.87. The summed E-state index contributed by atoms with van der Waals surface area (Å²) in [4.78, 5) is 38.2. The Morgan fingerprint density at radius 2 is 2.10 bits per heavy atom. The second-order valence-corrected chi connectivity index (χ2v) is 9.59. The maximum Gasteiger partial charge on any atom is 0.255 e. The number of benzene rings is 1. The maximum atomic E-state index is 13.0. The van der Waals surface area contributed by atoms with E-state index in [1.54, 1.807) is 4.90 Å². The summed E-state index contributed by atoms with van der Waals surface area (Å²) in [5.74, 6) is 0.0999. The predicted octanol–water partition coefficient (Wildman–Crippen LogP) is 1.32. The summed E-state index contributed by atoms with van der Waals surface area (Å²) < 4.78 is 0. The molecule has 1 aliphatic carbocycles. The average Bonchev–Trinajstić information content (AvgIpc) is 3.04. The lowest BCUT2D eigenvalue weighted by Gasteiger charge is -2.45. The zero-order valence-corrected chi connectivity index (χ0v) is 17.3. The molecule has 3 fully saturated rings. The Morgan fingerprint density at radius 1 is 1.20 bits per heavy atom. The molecule has 30 heavy (non-hydrogen) atoms. The van der Waals surface area contributed by atoms with Crippen LogP contribution >= 0.6 is 0 Å². The van der Waals surface area contributed by atoms with Crippen LogP contribution in [0.25, 0.3) is 0 Å². The van der Waals surface area contributed by atoms with E-state index < -0.39 is 6.04 Å². The predicted molar refractivity (Wildman–Crippen MR) is 111 cm³/mol. The summed E-state index contributed by atoms with van der Waals surface area (Å²) in [7, 11) is 0. The van der Waals surface area contributed by atoms with E-state index in [-0.39, 0.29) is 24.1 Å². The molecule has 3 atom stereocenters. The van der Waals surface area contributed by atoms with Crippen molar-refractivity contribution in [2.24, 2.45) is 11.3 Å². The third kappa shape index (κ3) is 3.65. The third-order valence-electron chi connectivity index (χ3n) is 7.40. The lowest BCUT2D eigenvalue weighted by Crippen LogP contribution is -2.52. The largest absolute Gasteiger partial charge is 0.322 e. The van der Waals surface area contributed by atoms with Crippen LogP contribution in [-0.2, 0) is 22.7 Å². The van der Waals surface area contributed by atoms with Gasteiger partial charge in [0.25, 0.3) is 5.91 Å². The van der Waals surface area contributed by atoms with E-state index in [4.69, 9.17) is 0 Å². The smallest absolute Gasteiger partial charge is 0.255 e. The van der Waals surface area contributed by atoms with Gasteiger partial charge in [-0.05, 0) is 60.8 Å². The standard InChI is InChI=1S/C23H30N4O3/c28-20-6-5-19(21(29)26-20)27-12-17-4-3-15(8-18(17)22(27)30)10-24-13-23-7-1-2-16(9-23)11-25-14-23/h3-4,8,16,19,24-25H,1-2,5-7,9-14H2,(H,26,28,29). The molecule has 3 N–H and O–H groups in total. The first-order valence-electron chi connectivity index (χ1n) is 11.2. The van der Waals surface area contributed by atoms with Crippen LogP contribution < -0.4 is 16.0 Å². The summed E-state index contributed by atoms with van der Waals surface area (Å²) in [6.45, 7) is 4.44. The highest BCUT2D eigenvalue weighted by atomic mass is 16.2. The molecule has 1 saturated carbocycles. The molecule has 7 nitrogen and oxygen atoms in total. The molecule has 1 aromatic rings. The number of carbonyl (C=O) groups excluding carboxylic acids is 3. The number of hydrogen-bond acceptors (Lipinski definition) is 5. The minimum Gasteiger partial charge on any atom is -0.322 e. The van der Waals surface area contributed by atoms with Crippen molar-refractivity contribution in [2.45, 2.75) is 57.7 Å². The van der Waals surface area contributed by atoms with Crippen molar-refractivity contribution in [3.63, 3.8) is 0 Å². The second kappa shape index (κ2) is 7.78. The summed E-state index contributed by atoms with van der Waals surface area (Å²) in [6.07, 6.45) is 5.96. The highest BCUT2D eigenvalue weighted by Crippen LogP contribution is 2.41. The van der Waals surface area contributed by atoms with Gasteiger partial charge in [-0.15, -0.1) is 0 Å². The SMILES string of the molecule is O=C1CCC(N2Cc3ccc(CNCC45CCCC(CNC4)C5)cc3C2=O)C(=O)N1. The molecule has 2 saturated heterocycles. The summed E-state index contributed by atoms with van der Waals surface area (Å²) in [5, 5.41) is 9.61. The number of amides is 3. The first-order chi connectivity index (χ1) is 14.5. The minimum atomic E-state index is -0.554. The van der Waals surface area contributed by atoms with Crippen LogP contribution in [0.15, 0.2) is 18.2 Å². The van der Waals surface area contributed by atoms with E-state index in [2.05, 4.69) is 22.0 Å². The van der Waals surface area contributed by atoms with Gasteiger partial charge in [-0.3, -0.25) is 19.7 Å². The van der Waals surface area contributed by atoms with Crippen LogP contribution in [0.4, 0.5) is 0 Å². The van der Waals surface area contributed by atoms with E-state index in [9.17, 15) is 14.4 Å². The van der Waals surface area contributed by atoms with Gasteiger partial charge in [0.2, 0.25) is 11.8 Å². The van der Waals surface area contributed by atoms with Crippen LogP contribution in [0.1, 0.15) is 60.0 Å². The van der Waals surface area contributed by atoms with Crippen LogP contribution in [0.5, 0.6) is 0 Å². The third-order valence-corrected chi connectivity index (χ3v) is 7.40. The molecule has 4 aliphatic rings. The Hall–Kier alpha value is -2.25. The lowest BCUT2D eigenvalue weighted by atomic mass is 9.67. The number of imide groups is 1. The lowest BCUT2D eigenvalue weighted by molar-refractivity contribution is -0.136.